The second-order valence-electron chi connectivity index (χ2n) is 3.51. The molecule has 0 spiro atoms. The molecule has 0 N–H and O–H groups in total. The summed E-state index contributed by atoms with van der Waals surface area (Å²) in [6.45, 7) is 2.96. The predicted octanol–water partition coefficient (Wildman–Crippen LogP) is 2.57. The van der Waals surface area contributed by atoms with Crippen LogP contribution in [-0.2, 0) is 14.8 Å². The molecule has 0 radical (unpaired) electrons. The molecular weight excluding hydrogens is 281 g/mol. The maximum Gasteiger partial charge on any atom is 0.241 e. The van der Waals surface area contributed by atoms with Gasteiger partial charge in [-0.2, -0.15) is 0 Å². The van der Waals surface area contributed by atoms with Crippen LogP contribution in [-0.4, -0.2) is 20.1 Å². The molecule has 0 atom stereocenters. The van der Waals surface area contributed by atoms with Crippen molar-refractivity contribution >= 4 is 33.2 Å². The SMILES string of the molecule is CCC(=O)N(c1ccc(F)cc1Cl)S(=O)(=O)CC. The minimum Gasteiger partial charge on any atom is -0.273 e. The number of rotatable bonds is 4. The fourth-order valence-electron chi connectivity index (χ4n) is 1.36. The number of carbonyl (C=O) groups is 1. The number of carbonyl (C=O) groups excluding carboxylic acids is 1. The van der Waals surface area contributed by atoms with Gasteiger partial charge in [0.25, 0.3) is 0 Å². The van der Waals surface area contributed by atoms with E-state index in [1.165, 1.54) is 19.9 Å². The second-order valence-corrected chi connectivity index (χ2v) is 6.02. The van der Waals surface area contributed by atoms with Crippen molar-refractivity contribution in [3.63, 3.8) is 0 Å². The monoisotopic (exact) mass is 293 g/mol. The molecule has 0 aliphatic carbocycles. The number of hydrogen-bond donors (Lipinski definition) is 0. The molecule has 100 valence electrons. The van der Waals surface area contributed by atoms with E-state index in [4.69, 9.17) is 11.6 Å². The first-order valence-electron chi connectivity index (χ1n) is 5.34. The summed E-state index contributed by atoms with van der Waals surface area (Å²) in [5.74, 6) is -1.45. The molecule has 1 aromatic carbocycles. The summed E-state index contributed by atoms with van der Waals surface area (Å²) in [6, 6.07) is 3.21. The normalized spacial score (nSPS) is 11.3. The molecule has 0 aromatic heterocycles. The van der Waals surface area contributed by atoms with Crippen molar-refractivity contribution in [2.75, 3.05) is 10.1 Å². The van der Waals surface area contributed by atoms with Gasteiger partial charge >= 0.3 is 0 Å². The fourth-order valence-corrected chi connectivity index (χ4v) is 2.82. The molecule has 0 heterocycles. The number of nitrogens with zero attached hydrogens (tertiary/aromatic N) is 1. The number of benzene rings is 1. The molecule has 0 aliphatic rings. The highest BCUT2D eigenvalue weighted by Crippen LogP contribution is 2.29. The Morgan fingerprint density at radius 2 is 2.00 bits per heavy atom. The molecule has 7 heteroatoms. The predicted molar refractivity (Wildman–Crippen MR) is 68.6 cm³/mol. The van der Waals surface area contributed by atoms with E-state index in [2.05, 4.69) is 0 Å². The van der Waals surface area contributed by atoms with Crippen molar-refractivity contribution in [3.8, 4) is 0 Å². The van der Waals surface area contributed by atoms with Gasteiger partial charge in [-0.3, -0.25) is 4.79 Å². The zero-order chi connectivity index (χ0) is 13.9. The maximum atomic E-state index is 12.9. The van der Waals surface area contributed by atoms with Crippen LogP contribution in [0.3, 0.4) is 0 Å². The van der Waals surface area contributed by atoms with Gasteiger partial charge in [0.2, 0.25) is 15.9 Å². The number of hydrogen-bond acceptors (Lipinski definition) is 3. The third kappa shape index (κ3) is 3.00. The Labute approximate surface area is 110 Å². The Balaban J connectivity index is 3.40. The molecular formula is C11H13ClFNO3S. The van der Waals surface area contributed by atoms with Gasteiger partial charge in [-0.1, -0.05) is 18.5 Å². The minimum absolute atomic E-state index is 0.00688. The van der Waals surface area contributed by atoms with Gasteiger partial charge < -0.3 is 0 Å². The first-order valence-corrected chi connectivity index (χ1v) is 7.33. The number of halogens is 2. The largest absolute Gasteiger partial charge is 0.273 e. The summed E-state index contributed by atoms with van der Waals surface area (Å²) < 4.78 is 37.3. The number of amides is 1. The highest BCUT2D eigenvalue weighted by molar-refractivity contribution is 7.93. The van der Waals surface area contributed by atoms with Gasteiger partial charge in [0.15, 0.2) is 0 Å². The van der Waals surface area contributed by atoms with Crippen molar-refractivity contribution in [2.24, 2.45) is 0 Å². The van der Waals surface area contributed by atoms with E-state index >= 15 is 0 Å². The van der Waals surface area contributed by atoms with Crippen molar-refractivity contribution in [3.05, 3.63) is 29.0 Å². The van der Waals surface area contributed by atoms with E-state index in [9.17, 15) is 17.6 Å². The molecule has 0 saturated heterocycles. The molecule has 18 heavy (non-hydrogen) atoms. The Morgan fingerprint density at radius 1 is 1.39 bits per heavy atom. The first kappa shape index (κ1) is 14.9. The minimum atomic E-state index is -3.78. The van der Waals surface area contributed by atoms with E-state index in [-0.39, 0.29) is 22.9 Å². The summed E-state index contributed by atoms with van der Waals surface area (Å²) in [6.07, 6.45) is 0.00688. The highest BCUT2D eigenvalue weighted by Gasteiger charge is 2.28. The van der Waals surface area contributed by atoms with Crippen LogP contribution in [0.25, 0.3) is 0 Å². The van der Waals surface area contributed by atoms with Crippen LogP contribution < -0.4 is 4.31 Å². The van der Waals surface area contributed by atoms with Gasteiger partial charge in [-0.05, 0) is 25.1 Å². The topological polar surface area (TPSA) is 54.5 Å². The zero-order valence-electron chi connectivity index (χ0n) is 9.98. The smallest absolute Gasteiger partial charge is 0.241 e. The van der Waals surface area contributed by atoms with Crippen LogP contribution >= 0.6 is 11.6 Å². The molecule has 4 nitrogen and oxygen atoms in total. The van der Waals surface area contributed by atoms with Gasteiger partial charge in [0, 0.05) is 6.42 Å². The third-order valence-corrected chi connectivity index (χ3v) is 4.29. The lowest BCUT2D eigenvalue weighted by Crippen LogP contribution is -2.37. The first-order chi connectivity index (χ1) is 8.33. The fraction of sp³-hybridized carbons (Fsp3) is 0.364. The van der Waals surface area contributed by atoms with Crippen molar-refractivity contribution < 1.29 is 17.6 Å². The van der Waals surface area contributed by atoms with Crippen LogP contribution in [0.1, 0.15) is 20.3 Å². The third-order valence-electron chi connectivity index (χ3n) is 2.30. The van der Waals surface area contributed by atoms with E-state index < -0.39 is 21.7 Å². The molecule has 0 fully saturated rings. The lowest BCUT2D eigenvalue weighted by atomic mass is 10.3. The molecule has 1 rings (SSSR count). The van der Waals surface area contributed by atoms with Crippen molar-refractivity contribution in [1.29, 1.82) is 0 Å². The lowest BCUT2D eigenvalue weighted by Gasteiger charge is -2.22. The lowest BCUT2D eigenvalue weighted by molar-refractivity contribution is -0.117. The van der Waals surface area contributed by atoms with Crippen LogP contribution in [0.5, 0.6) is 0 Å². The Bertz CT molecular complexity index is 559. The molecule has 0 saturated carbocycles. The van der Waals surface area contributed by atoms with E-state index in [1.807, 2.05) is 0 Å². The van der Waals surface area contributed by atoms with Crippen LogP contribution in [0.15, 0.2) is 18.2 Å². The maximum absolute atomic E-state index is 12.9. The highest BCUT2D eigenvalue weighted by atomic mass is 35.5. The summed E-state index contributed by atoms with van der Waals surface area (Å²) in [7, 11) is -3.78. The quantitative estimate of drug-likeness (QED) is 0.857. The Hall–Kier alpha value is -1.14. The molecule has 1 aromatic rings. The van der Waals surface area contributed by atoms with Crippen LogP contribution in [0.4, 0.5) is 10.1 Å². The average molecular weight is 294 g/mol. The van der Waals surface area contributed by atoms with Gasteiger partial charge in [-0.15, -0.1) is 0 Å². The van der Waals surface area contributed by atoms with E-state index in [1.54, 1.807) is 0 Å². The Kier molecular flexibility index (Phi) is 4.70. The summed E-state index contributed by atoms with van der Waals surface area (Å²) >= 11 is 5.79. The van der Waals surface area contributed by atoms with Gasteiger partial charge in [-0.25, -0.2) is 17.1 Å². The average Bonchev–Trinajstić information content (AvgIpc) is 2.31. The van der Waals surface area contributed by atoms with Gasteiger partial charge in [0.1, 0.15) is 5.82 Å². The molecule has 0 bridgehead atoms. The second kappa shape index (κ2) is 5.67. The van der Waals surface area contributed by atoms with Crippen LogP contribution in [0, 0.1) is 5.82 Å². The summed E-state index contributed by atoms with van der Waals surface area (Å²) in [4.78, 5) is 11.7. The molecule has 0 unspecified atom stereocenters. The zero-order valence-corrected chi connectivity index (χ0v) is 11.6. The van der Waals surface area contributed by atoms with Crippen molar-refractivity contribution in [2.45, 2.75) is 20.3 Å². The number of anilines is 1. The standard InChI is InChI=1S/C11H13ClFNO3S/c1-3-11(15)14(18(16,17)4-2)10-6-5-8(13)7-9(10)12/h5-7H,3-4H2,1-2H3. The summed E-state index contributed by atoms with van der Waals surface area (Å²) in [5, 5.41) is -0.117. The van der Waals surface area contributed by atoms with E-state index in [0.29, 0.717) is 4.31 Å². The van der Waals surface area contributed by atoms with E-state index in [0.717, 1.165) is 12.1 Å². The Morgan fingerprint density at radius 3 is 2.44 bits per heavy atom. The molecule has 0 aliphatic heterocycles. The molecule has 1 amide bonds. The number of sulfonamides is 1. The van der Waals surface area contributed by atoms with Crippen LogP contribution in [0.2, 0.25) is 5.02 Å². The van der Waals surface area contributed by atoms with Gasteiger partial charge in [0.05, 0.1) is 16.5 Å². The van der Waals surface area contributed by atoms with Crippen molar-refractivity contribution in [1.82, 2.24) is 0 Å². The summed E-state index contributed by atoms with van der Waals surface area (Å²) in [5.41, 5.74) is -0.0215.